The number of aryl methyl sites for hydroxylation is 1. The van der Waals surface area contributed by atoms with Crippen molar-refractivity contribution in [1.82, 2.24) is 0 Å². The lowest BCUT2D eigenvalue weighted by Gasteiger charge is -2.03. The van der Waals surface area contributed by atoms with Crippen LogP contribution in [0.5, 0.6) is 0 Å². The average molecular weight is 214 g/mol. The number of rotatable bonds is 3. The van der Waals surface area contributed by atoms with Gasteiger partial charge in [-0.15, -0.1) is 0 Å². The maximum Gasteiger partial charge on any atom is 0.288 e. The lowest BCUT2D eigenvalue weighted by atomic mass is 10.1. The zero-order valence-corrected chi connectivity index (χ0v) is 8.25. The Morgan fingerprint density at radius 1 is 1.57 bits per heavy atom. The van der Waals surface area contributed by atoms with Gasteiger partial charge >= 0.3 is 0 Å². The predicted octanol–water partition coefficient (Wildman–Crippen LogP) is 2.62. The summed E-state index contributed by atoms with van der Waals surface area (Å²) in [5.41, 5.74) is 0.699. The number of halogens is 1. The van der Waals surface area contributed by atoms with Gasteiger partial charge in [-0.1, -0.05) is 24.6 Å². The van der Waals surface area contributed by atoms with Crippen molar-refractivity contribution in [2.75, 3.05) is 0 Å². The second-order valence-corrected chi connectivity index (χ2v) is 3.08. The molecule has 1 aromatic rings. The van der Waals surface area contributed by atoms with Crippen LogP contribution in [0.15, 0.2) is 12.1 Å². The lowest BCUT2D eigenvalue weighted by molar-refractivity contribution is -0.384. The standard InChI is InChI=1S/C9H8ClNO3/c1-2-6-3-4-8(11(13)14)9(10)7(6)5-12/h3-5H,2H2,1H3. The molecular weight excluding hydrogens is 206 g/mol. The summed E-state index contributed by atoms with van der Waals surface area (Å²) >= 11 is 5.71. The first-order valence-electron chi connectivity index (χ1n) is 4.02. The number of aldehydes is 1. The average Bonchev–Trinajstić information content (AvgIpc) is 2.16. The molecule has 4 nitrogen and oxygen atoms in total. The van der Waals surface area contributed by atoms with E-state index in [9.17, 15) is 14.9 Å². The molecule has 0 spiro atoms. The molecule has 0 aliphatic carbocycles. The number of carbonyl (C=O) groups excluding carboxylic acids is 1. The van der Waals surface area contributed by atoms with E-state index in [-0.39, 0.29) is 16.3 Å². The normalized spacial score (nSPS) is 9.86. The van der Waals surface area contributed by atoms with Crippen molar-refractivity contribution in [2.45, 2.75) is 13.3 Å². The monoisotopic (exact) mass is 213 g/mol. The summed E-state index contributed by atoms with van der Waals surface area (Å²) in [5, 5.41) is 10.4. The molecule has 0 aromatic heterocycles. The van der Waals surface area contributed by atoms with Gasteiger partial charge in [0, 0.05) is 11.6 Å². The van der Waals surface area contributed by atoms with Crippen molar-refractivity contribution in [1.29, 1.82) is 0 Å². The fourth-order valence-electron chi connectivity index (χ4n) is 1.20. The second-order valence-electron chi connectivity index (χ2n) is 2.70. The van der Waals surface area contributed by atoms with Gasteiger partial charge in [-0.25, -0.2) is 0 Å². The van der Waals surface area contributed by atoms with Crippen LogP contribution >= 0.6 is 11.6 Å². The molecule has 5 heteroatoms. The van der Waals surface area contributed by atoms with Crippen LogP contribution in [0.3, 0.4) is 0 Å². The van der Waals surface area contributed by atoms with Crippen molar-refractivity contribution in [3.8, 4) is 0 Å². The van der Waals surface area contributed by atoms with E-state index in [0.717, 1.165) is 5.56 Å². The van der Waals surface area contributed by atoms with E-state index >= 15 is 0 Å². The van der Waals surface area contributed by atoms with Gasteiger partial charge < -0.3 is 0 Å². The number of benzene rings is 1. The molecule has 0 aliphatic heterocycles. The Labute approximate surface area is 85.6 Å². The van der Waals surface area contributed by atoms with E-state index in [4.69, 9.17) is 11.6 Å². The molecular formula is C9H8ClNO3. The molecule has 0 amide bonds. The SMILES string of the molecule is CCc1ccc([N+](=O)[O-])c(Cl)c1C=O. The lowest BCUT2D eigenvalue weighted by Crippen LogP contribution is -1.97. The van der Waals surface area contributed by atoms with E-state index in [2.05, 4.69) is 0 Å². The van der Waals surface area contributed by atoms with Gasteiger partial charge in [0.2, 0.25) is 0 Å². The minimum atomic E-state index is -0.602. The Kier molecular flexibility index (Phi) is 3.19. The molecule has 0 radical (unpaired) electrons. The quantitative estimate of drug-likeness (QED) is 0.441. The van der Waals surface area contributed by atoms with Gasteiger partial charge in [0.05, 0.1) is 4.92 Å². The van der Waals surface area contributed by atoms with Crippen molar-refractivity contribution in [3.63, 3.8) is 0 Å². The highest BCUT2D eigenvalue weighted by Crippen LogP contribution is 2.29. The summed E-state index contributed by atoms with van der Waals surface area (Å²) in [5.74, 6) is 0. The van der Waals surface area contributed by atoms with Crippen LogP contribution in [0.4, 0.5) is 5.69 Å². The minimum Gasteiger partial charge on any atom is -0.298 e. The maximum absolute atomic E-state index is 10.7. The molecule has 0 heterocycles. The number of nitro benzene ring substituents is 1. The third-order valence-electron chi connectivity index (χ3n) is 1.95. The topological polar surface area (TPSA) is 60.2 Å². The van der Waals surface area contributed by atoms with Gasteiger partial charge in [-0.2, -0.15) is 0 Å². The number of hydrogen-bond donors (Lipinski definition) is 0. The van der Waals surface area contributed by atoms with Crippen molar-refractivity contribution in [3.05, 3.63) is 38.4 Å². The Bertz CT molecular complexity index is 390. The van der Waals surface area contributed by atoms with Crippen LogP contribution in [0.25, 0.3) is 0 Å². The molecule has 0 fully saturated rings. The van der Waals surface area contributed by atoms with Crippen LogP contribution < -0.4 is 0 Å². The predicted molar refractivity (Wildman–Crippen MR) is 52.9 cm³/mol. The molecule has 1 aromatic carbocycles. The largest absolute Gasteiger partial charge is 0.298 e. The molecule has 0 N–H and O–H groups in total. The first kappa shape index (κ1) is 10.7. The summed E-state index contributed by atoms with van der Waals surface area (Å²) in [7, 11) is 0. The fourth-order valence-corrected chi connectivity index (χ4v) is 1.50. The van der Waals surface area contributed by atoms with E-state index in [0.29, 0.717) is 12.7 Å². The first-order chi connectivity index (χ1) is 6.61. The molecule has 0 atom stereocenters. The maximum atomic E-state index is 10.7. The highest BCUT2D eigenvalue weighted by Gasteiger charge is 2.17. The number of hydrogen-bond acceptors (Lipinski definition) is 3. The van der Waals surface area contributed by atoms with Gasteiger partial charge in [0.1, 0.15) is 5.02 Å². The smallest absolute Gasteiger partial charge is 0.288 e. The zero-order chi connectivity index (χ0) is 10.7. The van der Waals surface area contributed by atoms with Gasteiger partial charge in [-0.05, 0) is 12.0 Å². The summed E-state index contributed by atoms with van der Waals surface area (Å²) in [6, 6.07) is 2.86. The molecule has 0 aliphatic rings. The van der Waals surface area contributed by atoms with E-state index in [1.165, 1.54) is 6.07 Å². The van der Waals surface area contributed by atoms with Crippen LogP contribution in [-0.2, 0) is 6.42 Å². The molecule has 14 heavy (non-hydrogen) atoms. The summed E-state index contributed by atoms with van der Waals surface area (Å²) in [4.78, 5) is 20.6. The van der Waals surface area contributed by atoms with Crippen molar-refractivity contribution in [2.24, 2.45) is 0 Å². The highest BCUT2D eigenvalue weighted by atomic mass is 35.5. The van der Waals surface area contributed by atoms with E-state index in [1.54, 1.807) is 6.07 Å². The van der Waals surface area contributed by atoms with Crippen LogP contribution in [0, 0.1) is 10.1 Å². The summed E-state index contributed by atoms with van der Waals surface area (Å²) in [6.07, 6.45) is 1.17. The summed E-state index contributed by atoms with van der Waals surface area (Å²) in [6.45, 7) is 1.85. The molecule has 0 unspecified atom stereocenters. The molecule has 74 valence electrons. The Hall–Kier alpha value is -1.42. The Morgan fingerprint density at radius 2 is 2.21 bits per heavy atom. The number of nitrogens with zero attached hydrogens (tertiary/aromatic N) is 1. The summed E-state index contributed by atoms with van der Waals surface area (Å²) < 4.78 is 0. The second kappa shape index (κ2) is 4.19. The fraction of sp³-hybridized carbons (Fsp3) is 0.222. The number of carbonyl (C=O) groups is 1. The third kappa shape index (κ3) is 1.75. The highest BCUT2D eigenvalue weighted by molar-refractivity contribution is 6.35. The third-order valence-corrected chi connectivity index (χ3v) is 2.34. The van der Waals surface area contributed by atoms with E-state index in [1.807, 2.05) is 6.92 Å². The Morgan fingerprint density at radius 3 is 2.64 bits per heavy atom. The van der Waals surface area contributed by atoms with Gasteiger partial charge in [-0.3, -0.25) is 14.9 Å². The van der Waals surface area contributed by atoms with Gasteiger partial charge in [0.15, 0.2) is 6.29 Å². The molecule has 0 saturated heterocycles. The van der Waals surface area contributed by atoms with E-state index < -0.39 is 4.92 Å². The van der Waals surface area contributed by atoms with Crippen LogP contribution in [-0.4, -0.2) is 11.2 Å². The molecule has 1 rings (SSSR count). The van der Waals surface area contributed by atoms with Gasteiger partial charge in [0.25, 0.3) is 5.69 Å². The Balaban J connectivity index is 3.42. The minimum absolute atomic E-state index is 0.0793. The first-order valence-corrected chi connectivity index (χ1v) is 4.40. The van der Waals surface area contributed by atoms with Crippen LogP contribution in [0.1, 0.15) is 22.8 Å². The molecule has 0 saturated carbocycles. The van der Waals surface area contributed by atoms with Crippen molar-refractivity contribution >= 4 is 23.6 Å². The number of nitro groups is 1. The van der Waals surface area contributed by atoms with Crippen molar-refractivity contribution < 1.29 is 9.72 Å². The zero-order valence-electron chi connectivity index (χ0n) is 7.49. The van der Waals surface area contributed by atoms with Crippen LogP contribution in [0.2, 0.25) is 5.02 Å². The molecule has 0 bridgehead atoms.